The lowest BCUT2D eigenvalue weighted by molar-refractivity contribution is -0.140. The number of hydrogen-bond acceptors (Lipinski definition) is 4. The van der Waals surface area contributed by atoms with Crippen LogP contribution in [0.15, 0.2) is 30.3 Å². The van der Waals surface area contributed by atoms with E-state index in [0.717, 1.165) is 36.2 Å². The monoisotopic (exact) mass is 641 g/mol. The molecule has 1 atom stereocenters. The summed E-state index contributed by atoms with van der Waals surface area (Å²) in [5, 5.41) is 3.97. The Kier molecular flexibility index (Phi) is 10.9. The first kappa shape index (κ1) is 31.1. The number of anilines is 1. The molecule has 0 unspecified atom stereocenters. The van der Waals surface area contributed by atoms with Crippen LogP contribution >= 0.6 is 58.0 Å². The van der Waals surface area contributed by atoms with Crippen LogP contribution in [0.25, 0.3) is 0 Å². The minimum Gasteiger partial charge on any atom is -0.352 e. The van der Waals surface area contributed by atoms with Gasteiger partial charge in [-0.05, 0) is 49.1 Å². The average Bonchev–Trinajstić information content (AvgIpc) is 3.33. The lowest BCUT2D eigenvalue weighted by atomic mass is 10.1. The molecule has 0 aliphatic heterocycles. The van der Waals surface area contributed by atoms with Gasteiger partial charge in [-0.25, -0.2) is 8.42 Å². The number of carbonyl (C=O) groups excluding carboxylic acids is 2. The maximum absolute atomic E-state index is 13.8. The molecular formula is C25H28Cl5N3O4S. The SMILES string of the molecule is CC[C@H](C(=O)NC1CCCC1)N(Cc1ccc(Cl)cc1Cl)C(=O)CN(c1cc(Cl)c(Cl)cc1Cl)S(C)(=O)=O. The fraction of sp³-hybridized carbons (Fsp3) is 0.440. The summed E-state index contributed by atoms with van der Waals surface area (Å²) >= 11 is 30.9. The molecule has 0 saturated heterocycles. The zero-order chi connectivity index (χ0) is 28.2. The number of benzene rings is 2. The normalized spacial score (nSPS) is 14.8. The van der Waals surface area contributed by atoms with Crippen molar-refractivity contribution in [1.29, 1.82) is 0 Å². The van der Waals surface area contributed by atoms with E-state index in [9.17, 15) is 18.0 Å². The predicted octanol–water partition coefficient (Wildman–Crippen LogP) is 6.59. The van der Waals surface area contributed by atoms with Crippen LogP contribution in [0, 0.1) is 0 Å². The zero-order valence-electron chi connectivity index (χ0n) is 20.8. The highest BCUT2D eigenvalue weighted by Crippen LogP contribution is 2.36. The second-order valence-electron chi connectivity index (χ2n) is 9.16. The van der Waals surface area contributed by atoms with Gasteiger partial charge in [-0.1, -0.05) is 83.8 Å². The summed E-state index contributed by atoms with van der Waals surface area (Å²) in [5.41, 5.74) is 0.542. The number of carbonyl (C=O) groups is 2. The summed E-state index contributed by atoms with van der Waals surface area (Å²) in [7, 11) is -4.00. The number of nitrogens with one attached hydrogen (secondary N) is 1. The lowest BCUT2D eigenvalue weighted by Crippen LogP contribution is -2.53. The van der Waals surface area contributed by atoms with Crippen LogP contribution in [0.2, 0.25) is 25.1 Å². The molecule has 0 heterocycles. The van der Waals surface area contributed by atoms with E-state index in [0.29, 0.717) is 22.0 Å². The number of hydrogen-bond donors (Lipinski definition) is 1. The van der Waals surface area contributed by atoms with Crippen LogP contribution < -0.4 is 9.62 Å². The molecule has 0 aromatic heterocycles. The van der Waals surface area contributed by atoms with Crippen LogP contribution in [-0.4, -0.2) is 50.0 Å². The molecule has 1 N–H and O–H groups in total. The third kappa shape index (κ3) is 7.83. The van der Waals surface area contributed by atoms with Gasteiger partial charge in [-0.2, -0.15) is 0 Å². The highest BCUT2D eigenvalue weighted by Gasteiger charge is 2.34. The molecule has 1 fully saturated rings. The van der Waals surface area contributed by atoms with Gasteiger partial charge < -0.3 is 10.2 Å². The number of sulfonamides is 1. The maximum Gasteiger partial charge on any atom is 0.244 e. The van der Waals surface area contributed by atoms with Gasteiger partial charge in [-0.3, -0.25) is 13.9 Å². The fourth-order valence-corrected chi connectivity index (χ4v) is 6.43. The van der Waals surface area contributed by atoms with Crippen LogP contribution in [-0.2, 0) is 26.2 Å². The van der Waals surface area contributed by atoms with E-state index in [4.69, 9.17) is 58.0 Å². The summed E-state index contributed by atoms with van der Waals surface area (Å²) in [6.45, 7) is 1.11. The molecule has 2 aromatic rings. The Labute approximate surface area is 248 Å². The van der Waals surface area contributed by atoms with Crippen molar-refractivity contribution in [1.82, 2.24) is 10.2 Å². The molecule has 208 valence electrons. The topological polar surface area (TPSA) is 86.8 Å². The van der Waals surface area contributed by atoms with Crippen molar-refractivity contribution in [2.24, 2.45) is 0 Å². The molecule has 1 aliphatic rings. The van der Waals surface area contributed by atoms with Gasteiger partial charge in [-0.15, -0.1) is 0 Å². The molecule has 3 rings (SSSR count). The van der Waals surface area contributed by atoms with Crippen molar-refractivity contribution in [2.75, 3.05) is 17.1 Å². The van der Waals surface area contributed by atoms with E-state index in [1.54, 1.807) is 25.1 Å². The molecule has 2 amide bonds. The first-order chi connectivity index (χ1) is 17.8. The Morgan fingerprint density at radius 1 is 0.974 bits per heavy atom. The van der Waals surface area contributed by atoms with E-state index >= 15 is 0 Å². The van der Waals surface area contributed by atoms with Crippen molar-refractivity contribution >= 4 is 85.5 Å². The Morgan fingerprint density at radius 2 is 1.61 bits per heavy atom. The zero-order valence-corrected chi connectivity index (χ0v) is 25.4. The quantitative estimate of drug-likeness (QED) is 0.296. The Balaban J connectivity index is 1.99. The van der Waals surface area contributed by atoms with Crippen molar-refractivity contribution < 1.29 is 18.0 Å². The average molecular weight is 644 g/mol. The van der Waals surface area contributed by atoms with Crippen LogP contribution in [0.3, 0.4) is 0 Å². The third-order valence-electron chi connectivity index (χ3n) is 6.38. The van der Waals surface area contributed by atoms with Crippen LogP contribution in [0.5, 0.6) is 0 Å². The summed E-state index contributed by atoms with van der Waals surface area (Å²) in [6, 6.07) is 6.58. The van der Waals surface area contributed by atoms with Crippen LogP contribution in [0.4, 0.5) is 5.69 Å². The number of nitrogens with zero attached hydrogens (tertiary/aromatic N) is 2. The Morgan fingerprint density at radius 3 is 2.18 bits per heavy atom. The minimum atomic E-state index is -4.00. The molecule has 7 nitrogen and oxygen atoms in total. The molecule has 1 aliphatic carbocycles. The largest absolute Gasteiger partial charge is 0.352 e. The van der Waals surface area contributed by atoms with Gasteiger partial charge in [0.1, 0.15) is 12.6 Å². The van der Waals surface area contributed by atoms with E-state index in [2.05, 4.69) is 5.32 Å². The lowest BCUT2D eigenvalue weighted by Gasteiger charge is -2.33. The van der Waals surface area contributed by atoms with Crippen molar-refractivity contribution in [2.45, 2.75) is 57.7 Å². The van der Waals surface area contributed by atoms with Crippen LogP contribution in [0.1, 0.15) is 44.6 Å². The number of amides is 2. The first-order valence-electron chi connectivity index (χ1n) is 12.0. The van der Waals surface area contributed by atoms with Crippen molar-refractivity contribution in [3.05, 3.63) is 61.0 Å². The van der Waals surface area contributed by atoms with Crippen molar-refractivity contribution in [3.63, 3.8) is 0 Å². The van der Waals surface area contributed by atoms with Gasteiger partial charge in [0.25, 0.3) is 0 Å². The number of halogens is 5. The molecule has 0 spiro atoms. The Hall–Kier alpha value is -1.42. The molecule has 2 aromatic carbocycles. The van der Waals surface area contributed by atoms with E-state index in [-0.39, 0.29) is 39.2 Å². The third-order valence-corrected chi connectivity index (χ3v) is 9.12. The molecule has 38 heavy (non-hydrogen) atoms. The molecular weight excluding hydrogens is 616 g/mol. The van der Waals surface area contributed by atoms with Gasteiger partial charge in [0.2, 0.25) is 21.8 Å². The molecule has 1 saturated carbocycles. The van der Waals surface area contributed by atoms with Gasteiger partial charge >= 0.3 is 0 Å². The van der Waals surface area contributed by atoms with Gasteiger partial charge in [0.15, 0.2) is 0 Å². The summed E-state index contributed by atoms with van der Waals surface area (Å²) in [6.07, 6.45) is 5.04. The highest BCUT2D eigenvalue weighted by atomic mass is 35.5. The van der Waals surface area contributed by atoms with Gasteiger partial charge in [0.05, 0.1) is 27.0 Å². The second kappa shape index (κ2) is 13.3. The van der Waals surface area contributed by atoms with Crippen molar-refractivity contribution in [3.8, 4) is 0 Å². The summed E-state index contributed by atoms with van der Waals surface area (Å²) in [5.74, 6) is -0.937. The molecule has 13 heteroatoms. The Bertz CT molecular complexity index is 1300. The predicted molar refractivity (Wildman–Crippen MR) is 155 cm³/mol. The maximum atomic E-state index is 13.8. The van der Waals surface area contributed by atoms with E-state index in [1.165, 1.54) is 17.0 Å². The molecule has 0 radical (unpaired) electrons. The highest BCUT2D eigenvalue weighted by molar-refractivity contribution is 7.92. The second-order valence-corrected chi connectivity index (χ2v) is 13.1. The summed E-state index contributed by atoms with van der Waals surface area (Å²) in [4.78, 5) is 28.5. The molecule has 0 bridgehead atoms. The number of rotatable bonds is 10. The van der Waals surface area contributed by atoms with Gasteiger partial charge in [0, 0.05) is 22.6 Å². The minimum absolute atomic E-state index is 0.00376. The smallest absolute Gasteiger partial charge is 0.244 e. The standard InChI is InChI=1S/C25H28Cl5N3O4S/c1-3-22(25(35)31-17-6-4-5-7-17)32(13-15-8-9-16(26)10-18(15)27)24(34)14-33(38(2,36)37)23-12-20(29)19(28)11-21(23)30/h8-12,17,22H,3-7,13-14H2,1-2H3,(H,31,35)/t22-/m1/s1. The first-order valence-corrected chi connectivity index (χ1v) is 15.7. The fourth-order valence-electron chi connectivity index (χ4n) is 4.42. The van der Waals surface area contributed by atoms with E-state index < -0.39 is 28.5 Å². The van der Waals surface area contributed by atoms with E-state index in [1.807, 2.05) is 0 Å². The summed E-state index contributed by atoms with van der Waals surface area (Å²) < 4.78 is 26.4.